The zero-order valence-electron chi connectivity index (χ0n) is 14.9. The predicted octanol–water partition coefficient (Wildman–Crippen LogP) is 0.364. The Morgan fingerprint density at radius 3 is 2.62 bits per heavy atom. The van der Waals surface area contributed by atoms with Gasteiger partial charge in [-0.05, 0) is 36.5 Å². The Balaban J connectivity index is 1.59. The Kier molecular flexibility index (Phi) is 2.67. The number of rotatable bonds is 0. The molecule has 4 saturated heterocycles. The van der Waals surface area contributed by atoms with Crippen LogP contribution in [0.15, 0.2) is 0 Å². The highest BCUT2D eigenvalue weighted by molar-refractivity contribution is 6.09. The number of carbonyl (C=O) groups is 2. The van der Waals surface area contributed by atoms with Crippen molar-refractivity contribution in [1.29, 1.82) is 0 Å². The largest absolute Gasteiger partial charge is 0.461 e. The predicted molar refractivity (Wildman–Crippen MR) is 84.2 cm³/mol. The van der Waals surface area contributed by atoms with Gasteiger partial charge in [0.15, 0.2) is 18.4 Å². The van der Waals surface area contributed by atoms with Crippen molar-refractivity contribution in [2.75, 3.05) is 0 Å². The van der Waals surface area contributed by atoms with Crippen LogP contribution in [0.4, 0.5) is 0 Å². The summed E-state index contributed by atoms with van der Waals surface area (Å²) in [5, 5.41) is 21.2. The fourth-order valence-corrected chi connectivity index (χ4v) is 7.81. The van der Waals surface area contributed by atoms with Gasteiger partial charge in [-0.1, -0.05) is 13.8 Å². The van der Waals surface area contributed by atoms with Crippen LogP contribution in [0.1, 0.15) is 39.5 Å². The fraction of sp³-hybridized carbons (Fsp3) is 0.895. The van der Waals surface area contributed by atoms with Crippen LogP contribution in [-0.2, 0) is 23.8 Å². The lowest BCUT2D eigenvalue weighted by molar-refractivity contribution is -0.353. The lowest BCUT2D eigenvalue weighted by atomic mass is 9.42. The molecule has 0 aromatic rings. The summed E-state index contributed by atoms with van der Waals surface area (Å²) in [6, 6.07) is 0. The third-order valence-electron chi connectivity index (χ3n) is 8.78. The topological polar surface area (TPSA) is 102 Å². The van der Waals surface area contributed by atoms with Crippen LogP contribution in [0.5, 0.6) is 0 Å². The number of esters is 1. The van der Waals surface area contributed by atoms with E-state index in [1.807, 2.05) is 0 Å². The van der Waals surface area contributed by atoms with E-state index in [-0.39, 0.29) is 29.3 Å². The average Bonchev–Trinajstić information content (AvgIpc) is 2.96. The molecule has 0 aromatic carbocycles. The average molecular weight is 364 g/mol. The van der Waals surface area contributed by atoms with Gasteiger partial charge in [0, 0.05) is 12.3 Å². The van der Waals surface area contributed by atoms with Crippen molar-refractivity contribution in [2.24, 2.45) is 34.0 Å². The number of aliphatic hydroxyl groups is 2. The molecule has 142 valence electrons. The minimum absolute atomic E-state index is 0.162. The van der Waals surface area contributed by atoms with Crippen LogP contribution in [0, 0.1) is 34.0 Å². The third kappa shape index (κ3) is 1.34. The molecule has 7 fully saturated rings. The lowest BCUT2D eigenvalue weighted by Crippen LogP contribution is -2.76. The molecule has 3 aliphatic carbocycles. The Morgan fingerprint density at radius 2 is 1.85 bits per heavy atom. The summed E-state index contributed by atoms with van der Waals surface area (Å²) in [7, 11) is 0. The molecule has 7 heteroatoms. The molecule has 10 atom stereocenters. The van der Waals surface area contributed by atoms with Crippen LogP contribution in [0.2, 0.25) is 0 Å². The van der Waals surface area contributed by atoms with Crippen molar-refractivity contribution in [3.8, 4) is 0 Å². The molecule has 2 spiro atoms. The van der Waals surface area contributed by atoms with Gasteiger partial charge in [-0.15, -0.1) is 0 Å². The number of carbonyl (C=O) groups excluding carboxylic acids is 2. The molecule has 6 bridgehead atoms. The Hall–Kier alpha value is -1.02. The molecular formula is C19H24O7. The highest BCUT2D eigenvalue weighted by atomic mass is 16.7. The van der Waals surface area contributed by atoms with Gasteiger partial charge < -0.3 is 24.4 Å². The molecule has 3 saturated carbocycles. The van der Waals surface area contributed by atoms with Gasteiger partial charge in [-0.25, -0.2) is 0 Å². The van der Waals surface area contributed by atoms with Crippen LogP contribution >= 0.6 is 0 Å². The first-order valence-electron chi connectivity index (χ1n) is 9.68. The normalized spacial score (nSPS) is 61.2. The smallest absolute Gasteiger partial charge is 0.320 e. The molecule has 0 aromatic heterocycles. The van der Waals surface area contributed by atoms with Gasteiger partial charge in [0.2, 0.25) is 0 Å². The van der Waals surface area contributed by atoms with E-state index in [0.717, 1.165) is 0 Å². The standard InChI is InChI=1S/C19H24O7/c1-17(2)9-5-10-19(12(17)14(22)26-16(19)25-9)8-4-3-7-6-18(8,15(23)24-10)13(21)11(7)20/h7-12,14,16,20,22H,3-6H2,1-2H3/t7?,8-,9-,10+,11+,12-,14-,16?,18?,19+/m1/s1. The summed E-state index contributed by atoms with van der Waals surface area (Å²) in [6.07, 6.45) is -1.10. The van der Waals surface area contributed by atoms with Gasteiger partial charge in [0.25, 0.3) is 0 Å². The second-order valence-corrected chi connectivity index (χ2v) is 9.79. The van der Waals surface area contributed by atoms with Crippen molar-refractivity contribution in [1.82, 2.24) is 0 Å². The first-order valence-corrected chi connectivity index (χ1v) is 9.68. The first-order chi connectivity index (χ1) is 12.3. The summed E-state index contributed by atoms with van der Waals surface area (Å²) in [6.45, 7) is 4.13. The molecule has 2 N–H and O–H groups in total. The summed E-state index contributed by atoms with van der Waals surface area (Å²) in [5.41, 5.74) is -2.40. The van der Waals surface area contributed by atoms with Crippen molar-refractivity contribution >= 4 is 11.8 Å². The number of hydrogen-bond donors (Lipinski definition) is 2. The van der Waals surface area contributed by atoms with Crippen molar-refractivity contribution in [2.45, 2.75) is 70.4 Å². The van der Waals surface area contributed by atoms with E-state index in [1.54, 1.807) is 0 Å². The van der Waals surface area contributed by atoms with E-state index >= 15 is 0 Å². The Labute approximate surface area is 151 Å². The van der Waals surface area contributed by atoms with Gasteiger partial charge in [0.05, 0.1) is 11.5 Å². The number of Topliss-reactive ketones (excluding diaryl/α,β-unsaturated/α-hetero) is 1. The molecule has 4 heterocycles. The van der Waals surface area contributed by atoms with Gasteiger partial charge in [-0.2, -0.15) is 0 Å². The number of hydrogen-bond acceptors (Lipinski definition) is 7. The maximum absolute atomic E-state index is 13.1. The van der Waals surface area contributed by atoms with Gasteiger partial charge in [0.1, 0.15) is 17.6 Å². The van der Waals surface area contributed by atoms with Crippen LogP contribution < -0.4 is 0 Å². The third-order valence-corrected chi connectivity index (χ3v) is 8.78. The molecule has 0 amide bonds. The molecule has 4 aliphatic heterocycles. The molecule has 0 radical (unpaired) electrons. The molecular weight excluding hydrogens is 340 g/mol. The SMILES string of the molecule is CC1(C)[C@H]2[C@H](O)OC3O[C@@H]1C[C@@H]1OC(=O)C45CC(CC[C@H]4[C@]312)[C@H](O)C5=O. The maximum atomic E-state index is 13.1. The van der Waals surface area contributed by atoms with Gasteiger partial charge in [-0.3, -0.25) is 9.59 Å². The van der Waals surface area contributed by atoms with E-state index < -0.39 is 47.4 Å². The van der Waals surface area contributed by atoms with Crippen LogP contribution in [0.3, 0.4) is 0 Å². The highest BCUT2D eigenvalue weighted by Crippen LogP contribution is 2.75. The minimum Gasteiger partial charge on any atom is -0.461 e. The van der Waals surface area contributed by atoms with E-state index in [4.69, 9.17) is 14.2 Å². The van der Waals surface area contributed by atoms with Gasteiger partial charge >= 0.3 is 5.97 Å². The Morgan fingerprint density at radius 1 is 1.08 bits per heavy atom. The van der Waals surface area contributed by atoms with Crippen LogP contribution in [0.25, 0.3) is 0 Å². The molecule has 7 aliphatic rings. The zero-order valence-corrected chi connectivity index (χ0v) is 14.9. The summed E-state index contributed by atoms with van der Waals surface area (Å²) < 4.78 is 18.0. The summed E-state index contributed by atoms with van der Waals surface area (Å²) >= 11 is 0. The maximum Gasteiger partial charge on any atom is 0.320 e. The quantitative estimate of drug-likeness (QED) is 0.473. The molecule has 7 nitrogen and oxygen atoms in total. The van der Waals surface area contributed by atoms with E-state index in [0.29, 0.717) is 25.7 Å². The monoisotopic (exact) mass is 364 g/mol. The number of aliphatic hydroxyl groups excluding tert-OH is 2. The van der Waals surface area contributed by atoms with Crippen molar-refractivity contribution in [3.05, 3.63) is 0 Å². The number of fused-ring (bicyclic) bond motifs is 1. The lowest BCUT2D eigenvalue weighted by Gasteiger charge is -2.67. The molecule has 3 unspecified atom stereocenters. The van der Waals surface area contributed by atoms with Crippen molar-refractivity contribution < 1.29 is 34.0 Å². The summed E-state index contributed by atoms with van der Waals surface area (Å²) in [5.74, 6) is -1.66. The number of ketones is 1. The second-order valence-electron chi connectivity index (χ2n) is 9.79. The fourth-order valence-electron chi connectivity index (χ4n) is 7.81. The zero-order chi connectivity index (χ0) is 18.2. The van der Waals surface area contributed by atoms with E-state index in [1.165, 1.54) is 0 Å². The van der Waals surface area contributed by atoms with Crippen LogP contribution in [-0.4, -0.2) is 52.9 Å². The Bertz CT molecular complexity index is 733. The molecule has 26 heavy (non-hydrogen) atoms. The van der Waals surface area contributed by atoms with Crippen molar-refractivity contribution in [3.63, 3.8) is 0 Å². The van der Waals surface area contributed by atoms with E-state index in [2.05, 4.69) is 13.8 Å². The second kappa shape index (κ2) is 4.35. The minimum atomic E-state index is -1.31. The molecule has 7 rings (SSSR count). The first kappa shape index (κ1) is 16.0. The highest BCUT2D eigenvalue weighted by Gasteiger charge is 2.84. The number of ether oxygens (including phenoxy) is 3. The summed E-state index contributed by atoms with van der Waals surface area (Å²) in [4.78, 5) is 26.2. The van der Waals surface area contributed by atoms with E-state index in [9.17, 15) is 19.8 Å².